The maximum Gasteiger partial charge on any atom is 0.266 e. The molecule has 0 saturated carbocycles. The fourth-order valence-corrected chi connectivity index (χ4v) is 5.19. The number of amides is 1. The first kappa shape index (κ1) is 25.3. The standard InChI is InChI=1S/C31H27N3O3S/c1-33(20-22-9-5-3-6-10-22)29(35)24-13-18-27-28(19-24)32-31(38-21-23-11-7-4-8-12-23)34(30(27)36)25-14-16-26(37-2)17-15-25/h3-19H,20-21H2,1-2H3. The molecular formula is C31H27N3O3S. The highest BCUT2D eigenvalue weighted by Crippen LogP contribution is 2.26. The van der Waals surface area contributed by atoms with Gasteiger partial charge < -0.3 is 9.64 Å². The number of ether oxygens (including phenoxy) is 1. The molecule has 7 heteroatoms. The molecule has 0 aliphatic rings. The Balaban J connectivity index is 1.54. The van der Waals surface area contributed by atoms with Gasteiger partial charge in [0.25, 0.3) is 11.5 Å². The van der Waals surface area contributed by atoms with E-state index in [-0.39, 0.29) is 11.5 Å². The number of carbonyl (C=O) groups excluding carboxylic acids is 1. The highest BCUT2D eigenvalue weighted by molar-refractivity contribution is 7.98. The molecule has 1 heterocycles. The molecule has 38 heavy (non-hydrogen) atoms. The molecule has 0 atom stereocenters. The van der Waals surface area contributed by atoms with Gasteiger partial charge in [-0.05, 0) is 53.6 Å². The maximum atomic E-state index is 13.8. The Labute approximate surface area is 225 Å². The molecular weight excluding hydrogens is 494 g/mol. The zero-order chi connectivity index (χ0) is 26.5. The van der Waals surface area contributed by atoms with E-state index in [1.807, 2.05) is 84.9 Å². The summed E-state index contributed by atoms with van der Waals surface area (Å²) in [5.74, 6) is 1.22. The van der Waals surface area contributed by atoms with Crippen molar-refractivity contribution >= 4 is 28.6 Å². The second-order valence-electron chi connectivity index (χ2n) is 8.89. The molecule has 0 unspecified atom stereocenters. The van der Waals surface area contributed by atoms with Crippen LogP contribution in [0.15, 0.2) is 113 Å². The van der Waals surface area contributed by atoms with Crippen LogP contribution in [-0.2, 0) is 12.3 Å². The van der Waals surface area contributed by atoms with E-state index < -0.39 is 0 Å². The first-order valence-electron chi connectivity index (χ1n) is 12.2. The van der Waals surface area contributed by atoms with Crippen molar-refractivity contribution in [3.05, 3.63) is 130 Å². The second-order valence-corrected chi connectivity index (χ2v) is 9.83. The topological polar surface area (TPSA) is 64.4 Å². The van der Waals surface area contributed by atoms with Crippen LogP contribution in [0.1, 0.15) is 21.5 Å². The van der Waals surface area contributed by atoms with Crippen molar-refractivity contribution in [1.29, 1.82) is 0 Å². The third kappa shape index (κ3) is 5.48. The Kier molecular flexibility index (Phi) is 7.56. The molecule has 0 spiro atoms. The summed E-state index contributed by atoms with van der Waals surface area (Å²) in [6, 6.07) is 32.3. The summed E-state index contributed by atoms with van der Waals surface area (Å²) >= 11 is 1.48. The second kappa shape index (κ2) is 11.4. The number of hydrogen-bond donors (Lipinski definition) is 0. The van der Waals surface area contributed by atoms with Crippen LogP contribution in [0, 0.1) is 0 Å². The summed E-state index contributed by atoms with van der Waals surface area (Å²) in [6.45, 7) is 0.488. The van der Waals surface area contributed by atoms with Crippen molar-refractivity contribution < 1.29 is 9.53 Å². The molecule has 4 aromatic carbocycles. The Morgan fingerprint density at radius 3 is 2.21 bits per heavy atom. The third-order valence-electron chi connectivity index (χ3n) is 6.24. The Bertz CT molecular complexity index is 1620. The number of rotatable bonds is 8. The largest absolute Gasteiger partial charge is 0.497 e. The minimum atomic E-state index is -0.188. The minimum absolute atomic E-state index is 0.129. The number of fused-ring (bicyclic) bond motifs is 1. The number of hydrogen-bond acceptors (Lipinski definition) is 5. The summed E-state index contributed by atoms with van der Waals surface area (Å²) in [4.78, 5) is 33.5. The molecule has 0 saturated heterocycles. The van der Waals surface area contributed by atoms with Gasteiger partial charge in [-0.1, -0.05) is 72.4 Å². The molecule has 0 fully saturated rings. The average molecular weight is 522 g/mol. The predicted octanol–water partition coefficient (Wildman–Crippen LogP) is 5.96. The molecule has 0 radical (unpaired) electrons. The lowest BCUT2D eigenvalue weighted by molar-refractivity contribution is 0.0785. The maximum absolute atomic E-state index is 13.8. The molecule has 1 amide bonds. The number of methoxy groups -OCH3 is 1. The summed E-state index contributed by atoms with van der Waals surface area (Å²) < 4.78 is 6.91. The van der Waals surface area contributed by atoms with E-state index in [1.54, 1.807) is 41.8 Å². The first-order valence-corrected chi connectivity index (χ1v) is 13.2. The van der Waals surface area contributed by atoms with Crippen molar-refractivity contribution in [2.24, 2.45) is 0 Å². The molecule has 0 bridgehead atoms. The smallest absolute Gasteiger partial charge is 0.266 e. The first-order chi connectivity index (χ1) is 18.5. The van der Waals surface area contributed by atoms with Gasteiger partial charge >= 0.3 is 0 Å². The van der Waals surface area contributed by atoms with Crippen LogP contribution in [0.5, 0.6) is 5.75 Å². The molecule has 0 aliphatic carbocycles. The van der Waals surface area contributed by atoms with Crippen LogP contribution in [0.25, 0.3) is 16.6 Å². The molecule has 6 nitrogen and oxygen atoms in total. The van der Waals surface area contributed by atoms with Gasteiger partial charge in [0.1, 0.15) is 5.75 Å². The summed E-state index contributed by atoms with van der Waals surface area (Å²) in [5, 5.41) is 1.01. The van der Waals surface area contributed by atoms with Gasteiger partial charge in [0.05, 0.1) is 23.7 Å². The van der Waals surface area contributed by atoms with Gasteiger partial charge in [-0.15, -0.1) is 0 Å². The van der Waals surface area contributed by atoms with Gasteiger partial charge in [0.2, 0.25) is 0 Å². The van der Waals surface area contributed by atoms with Gasteiger partial charge in [-0.25, -0.2) is 4.98 Å². The van der Waals surface area contributed by atoms with Crippen LogP contribution in [0.2, 0.25) is 0 Å². The van der Waals surface area contributed by atoms with E-state index in [0.29, 0.717) is 45.4 Å². The number of benzene rings is 4. The zero-order valence-corrected chi connectivity index (χ0v) is 22.0. The lowest BCUT2D eigenvalue weighted by atomic mass is 10.1. The van der Waals surface area contributed by atoms with Gasteiger partial charge in [0.15, 0.2) is 5.16 Å². The highest BCUT2D eigenvalue weighted by atomic mass is 32.2. The van der Waals surface area contributed by atoms with E-state index >= 15 is 0 Å². The van der Waals surface area contributed by atoms with Crippen LogP contribution in [0.3, 0.4) is 0 Å². The molecule has 5 rings (SSSR count). The summed E-state index contributed by atoms with van der Waals surface area (Å²) in [6.07, 6.45) is 0. The van der Waals surface area contributed by atoms with Crippen LogP contribution in [0.4, 0.5) is 0 Å². The van der Waals surface area contributed by atoms with E-state index in [2.05, 4.69) is 0 Å². The molecule has 0 N–H and O–H groups in total. The lowest BCUT2D eigenvalue weighted by Crippen LogP contribution is -2.26. The van der Waals surface area contributed by atoms with Crippen molar-refractivity contribution in [2.75, 3.05) is 14.2 Å². The Morgan fingerprint density at radius 2 is 1.55 bits per heavy atom. The van der Waals surface area contributed by atoms with E-state index in [4.69, 9.17) is 9.72 Å². The Morgan fingerprint density at radius 1 is 0.895 bits per heavy atom. The lowest BCUT2D eigenvalue weighted by Gasteiger charge is -2.18. The van der Waals surface area contributed by atoms with Gasteiger partial charge in [0, 0.05) is 24.9 Å². The summed E-state index contributed by atoms with van der Waals surface area (Å²) in [7, 11) is 3.38. The summed E-state index contributed by atoms with van der Waals surface area (Å²) in [5.41, 5.74) is 3.66. The Hall–Kier alpha value is -4.36. The molecule has 1 aromatic heterocycles. The van der Waals surface area contributed by atoms with E-state index in [0.717, 1.165) is 11.1 Å². The van der Waals surface area contributed by atoms with Gasteiger partial charge in [-0.2, -0.15) is 0 Å². The predicted molar refractivity (Wildman–Crippen MR) is 152 cm³/mol. The SMILES string of the molecule is COc1ccc(-n2c(SCc3ccccc3)nc3cc(C(=O)N(C)Cc4ccccc4)ccc3c2=O)cc1. The van der Waals surface area contributed by atoms with Crippen molar-refractivity contribution in [1.82, 2.24) is 14.5 Å². The van der Waals surface area contributed by atoms with Gasteiger partial charge in [-0.3, -0.25) is 14.2 Å². The van der Waals surface area contributed by atoms with Crippen molar-refractivity contribution in [2.45, 2.75) is 17.5 Å². The number of nitrogens with zero attached hydrogens (tertiary/aromatic N) is 3. The number of carbonyl (C=O) groups is 1. The minimum Gasteiger partial charge on any atom is -0.497 e. The van der Waals surface area contributed by atoms with E-state index in [1.165, 1.54) is 11.8 Å². The van der Waals surface area contributed by atoms with Crippen LogP contribution < -0.4 is 10.3 Å². The van der Waals surface area contributed by atoms with Crippen molar-refractivity contribution in [3.63, 3.8) is 0 Å². The van der Waals surface area contributed by atoms with E-state index in [9.17, 15) is 9.59 Å². The molecule has 0 aliphatic heterocycles. The van der Waals surface area contributed by atoms with Crippen LogP contribution in [-0.4, -0.2) is 34.5 Å². The van der Waals surface area contributed by atoms with Crippen molar-refractivity contribution in [3.8, 4) is 11.4 Å². The number of thioether (sulfide) groups is 1. The fourth-order valence-electron chi connectivity index (χ4n) is 4.23. The van der Waals surface area contributed by atoms with Crippen LogP contribution >= 0.6 is 11.8 Å². The fraction of sp³-hybridized carbons (Fsp3) is 0.129. The monoisotopic (exact) mass is 521 g/mol. The number of aromatic nitrogens is 2. The molecule has 5 aromatic rings. The highest BCUT2D eigenvalue weighted by Gasteiger charge is 2.17. The zero-order valence-electron chi connectivity index (χ0n) is 21.2. The molecule has 190 valence electrons. The third-order valence-corrected chi connectivity index (χ3v) is 7.25. The average Bonchev–Trinajstić information content (AvgIpc) is 2.96. The quantitative estimate of drug-likeness (QED) is 0.186. The normalized spacial score (nSPS) is 10.9.